The van der Waals surface area contributed by atoms with E-state index in [2.05, 4.69) is 10.3 Å². The first kappa shape index (κ1) is 30.0. The molecule has 2 heterocycles. The number of Topliss-reactive ketones (excluding diaryl/α,β-unsaturated/α-hetero) is 1. The highest BCUT2D eigenvalue weighted by molar-refractivity contribution is 8.15. The fourth-order valence-electron chi connectivity index (χ4n) is 5.88. The third-order valence-corrected chi connectivity index (χ3v) is 10.3. The van der Waals surface area contributed by atoms with Crippen LogP contribution in [0, 0.1) is 16.7 Å². The molecule has 3 atom stereocenters. The number of anilines is 1. The van der Waals surface area contributed by atoms with Crippen LogP contribution in [0.1, 0.15) is 38.7 Å². The van der Waals surface area contributed by atoms with E-state index in [9.17, 15) is 22.8 Å². The number of aromatic nitrogens is 1. The Bertz CT molecular complexity index is 1350. The van der Waals surface area contributed by atoms with Crippen LogP contribution in [0.15, 0.2) is 48.7 Å². The molecule has 2 aromatic rings. The minimum atomic E-state index is -4.08. The lowest BCUT2D eigenvalue weighted by Crippen LogP contribution is -2.42. The summed E-state index contributed by atoms with van der Waals surface area (Å²) < 4.78 is 36.7. The topological polar surface area (TPSA) is 143 Å². The number of benzene rings is 1. The average Bonchev–Trinajstić information content (AvgIpc) is 3.40. The molecular formula is C28H35N3O7S2. The van der Waals surface area contributed by atoms with Crippen molar-refractivity contribution in [1.29, 1.82) is 0 Å². The number of imide groups is 1. The second kappa shape index (κ2) is 11.9. The summed E-state index contributed by atoms with van der Waals surface area (Å²) in [5.41, 5.74) is -0.120. The lowest BCUT2D eigenvalue weighted by molar-refractivity contribution is -0.128. The molecule has 1 aromatic heterocycles. The summed E-state index contributed by atoms with van der Waals surface area (Å²) in [6.45, 7) is 5.16. The number of rotatable bonds is 9. The third kappa shape index (κ3) is 6.67. The number of ether oxygens (including phenoxy) is 1. The van der Waals surface area contributed by atoms with Crippen LogP contribution in [0.25, 0.3) is 0 Å². The number of nitrogens with one attached hydrogen (secondary N) is 1. The van der Waals surface area contributed by atoms with Crippen molar-refractivity contribution in [3.8, 4) is 5.75 Å². The van der Waals surface area contributed by atoms with Crippen LogP contribution in [0.3, 0.4) is 0 Å². The predicted molar refractivity (Wildman–Crippen MR) is 153 cm³/mol. The Kier molecular flexibility index (Phi) is 8.91. The van der Waals surface area contributed by atoms with Crippen molar-refractivity contribution in [2.45, 2.75) is 44.8 Å². The molecule has 2 unspecified atom stereocenters. The van der Waals surface area contributed by atoms with Crippen LogP contribution in [0.4, 0.5) is 10.6 Å². The van der Waals surface area contributed by atoms with Crippen molar-refractivity contribution in [3.63, 3.8) is 0 Å². The quantitative estimate of drug-likeness (QED) is 0.415. The summed E-state index contributed by atoms with van der Waals surface area (Å²) in [5.74, 6) is 1.37. The number of fused-ring (bicyclic) bond motifs is 2. The summed E-state index contributed by atoms with van der Waals surface area (Å²) in [6, 6.07) is 13.4. The molecule has 3 aliphatic rings. The number of amides is 2. The number of pyridine rings is 1. The summed E-state index contributed by atoms with van der Waals surface area (Å²) >= 11 is 1.05. The second-order valence-corrected chi connectivity index (χ2v) is 13.7. The van der Waals surface area contributed by atoms with Gasteiger partial charge in [-0.05, 0) is 60.4 Å². The lowest BCUT2D eigenvalue weighted by atomic mass is 9.70. The van der Waals surface area contributed by atoms with Crippen LogP contribution in [-0.4, -0.2) is 66.1 Å². The molecule has 2 N–H and O–H groups in total. The van der Waals surface area contributed by atoms with Crippen molar-refractivity contribution in [3.05, 3.63) is 54.2 Å². The van der Waals surface area contributed by atoms with Crippen LogP contribution in [-0.2, 0) is 26.1 Å². The molecule has 40 heavy (non-hydrogen) atoms. The van der Waals surface area contributed by atoms with Gasteiger partial charge in [0.05, 0.1) is 23.0 Å². The Balaban J connectivity index is 0.000000210. The van der Waals surface area contributed by atoms with E-state index >= 15 is 0 Å². The first-order valence-electron chi connectivity index (χ1n) is 13.1. The van der Waals surface area contributed by atoms with Crippen LogP contribution in [0.5, 0.6) is 5.75 Å². The minimum absolute atomic E-state index is 0.0152. The van der Waals surface area contributed by atoms with E-state index in [0.29, 0.717) is 25.9 Å². The van der Waals surface area contributed by atoms with Crippen molar-refractivity contribution < 1.29 is 32.1 Å². The van der Waals surface area contributed by atoms with Gasteiger partial charge in [-0.2, -0.15) is 8.42 Å². The van der Waals surface area contributed by atoms with Crippen LogP contribution >= 0.6 is 11.8 Å². The van der Waals surface area contributed by atoms with Crippen LogP contribution in [0.2, 0.25) is 0 Å². The number of thioether (sulfide) groups is 1. The Hall–Kier alpha value is -2.96. The molecule has 10 nitrogen and oxygen atoms in total. The van der Waals surface area contributed by atoms with Gasteiger partial charge in [0.1, 0.15) is 24.0 Å². The summed E-state index contributed by atoms with van der Waals surface area (Å²) in [5, 5.41) is 1.69. The normalized spacial score (nSPS) is 24.9. The number of carbonyl (C=O) groups is 3. The molecule has 1 aromatic carbocycles. The van der Waals surface area contributed by atoms with Gasteiger partial charge in [-0.1, -0.05) is 43.8 Å². The number of hydrogen-bond donors (Lipinski definition) is 2. The van der Waals surface area contributed by atoms with E-state index in [4.69, 9.17) is 9.29 Å². The van der Waals surface area contributed by atoms with Gasteiger partial charge in [-0.15, -0.1) is 0 Å². The van der Waals surface area contributed by atoms with Gasteiger partial charge in [0, 0.05) is 19.7 Å². The maximum atomic E-state index is 11.9. The van der Waals surface area contributed by atoms with Gasteiger partial charge >= 0.3 is 0 Å². The largest absolute Gasteiger partial charge is 0.492 e. The molecule has 5 rings (SSSR count). The Morgan fingerprint density at radius 1 is 1.15 bits per heavy atom. The van der Waals surface area contributed by atoms with Crippen molar-refractivity contribution >= 4 is 44.6 Å². The Morgan fingerprint density at radius 2 is 1.88 bits per heavy atom. The van der Waals surface area contributed by atoms with E-state index in [-0.39, 0.29) is 33.5 Å². The maximum Gasteiger partial charge on any atom is 0.286 e. The van der Waals surface area contributed by atoms with E-state index in [1.54, 1.807) is 6.20 Å². The summed E-state index contributed by atoms with van der Waals surface area (Å²) in [4.78, 5) is 41.0. The standard InChI is InChI=1S/C18H19N3O3S.C10H16O4S/c1-21(16-4-2-3-9-19-16)10-11-24-14-7-5-13(6-8-14)12-15-17(22)20-18(23)25-15;1-9(2)7-3-4-10(9,8(11)5-7)6-15(12,13)14/h2-9,15H,10-12H2,1H3,(H,20,22,23);7H,3-6H2,1-2H3,(H,12,13,14)/t;7-,10?/m.0/s1. The van der Waals surface area contributed by atoms with Crippen molar-refractivity contribution in [1.82, 2.24) is 10.3 Å². The highest BCUT2D eigenvalue weighted by atomic mass is 32.2. The Morgan fingerprint density at radius 3 is 2.40 bits per heavy atom. The van der Waals surface area contributed by atoms with E-state index in [1.807, 2.05) is 68.3 Å². The summed E-state index contributed by atoms with van der Waals surface area (Å²) in [6.07, 6.45) is 4.27. The number of hydrogen-bond acceptors (Lipinski definition) is 9. The molecule has 2 aliphatic carbocycles. The molecular weight excluding hydrogens is 554 g/mol. The monoisotopic (exact) mass is 589 g/mol. The zero-order valence-electron chi connectivity index (χ0n) is 22.8. The molecule has 0 spiro atoms. The number of carbonyl (C=O) groups excluding carboxylic acids is 3. The van der Waals surface area contributed by atoms with Gasteiger partial charge in [0.25, 0.3) is 15.4 Å². The van der Waals surface area contributed by atoms with Gasteiger partial charge in [-0.3, -0.25) is 24.3 Å². The van der Waals surface area contributed by atoms with E-state index in [1.165, 1.54) is 0 Å². The molecule has 1 aliphatic heterocycles. The average molecular weight is 590 g/mol. The molecule has 12 heteroatoms. The number of nitrogens with zero attached hydrogens (tertiary/aromatic N) is 2. The number of ketones is 1. The number of likely N-dealkylation sites (N-methyl/N-ethyl adjacent to an activating group) is 1. The van der Waals surface area contributed by atoms with Crippen molar-refractivity contribution in [2.24, 2.45) is 16.7 Å². The molecule has 2 saturated carbocycles. The van der Waals surface area contributed by atoms with Gasteiger partial charge < -0.3 is 9.64 Å². The van der Waals surface area contributed by atoms with Crippen molar-refractivity contribution in [2.75, 3.05) is 30.9 Å². The molecule has 2 bridgehead atoms. The molecule has 0 radical (unpaired) electrons. The zero-order valence-corrected chi connectivity index (χ0v) is 24.5. The highest BCUT2D eigenvalue weighted by Gasteiger charge is 2.65. The Labute approximate surface area is 239 Å². The second-order valence-electron chi connectivity index (χ2n) is 11.1. The molecule has 216 valence electrons. The predicted octanol–water partition coefficient (Wildman–Crippen LogP) is 3.76. The lowest BCUT2D eigenvalue weighted by Gasteiger charge is -2.35. The zero-order chi connectivity index (χ0) is 29.1. The van der Waals surface area contributed by atoms with Crippen LogP contribution < -0.4 is 15.0 Å². The van der Waals surface area contributed by atoms with Gasteiger partial charge in [0.2, 0.25) is 5.91 Å². The third-order valence-electron chi connectivity index (χ3n) is 8.42. The first-order chi connectivity index (χ1) is 18.8. The molecule has 3 fully saturated rings. The summed E-state index contributed by atoms with van der Waals surface area (Å²) in [7, 11) is -2.10. The first-order valence-corrected chi connectivity index (χ1v) is 15.6. The maximum absolute atomic E-state index is 11.9. The molecule has 2 amide bonds. The van der Waals surface area contributed by atoms with E-state index in [0.717, 1.165) is 41.9 Å². The fraction of sp³-hybridized carbons (Fsp3) is 0.500. The van der Waals surface area contributed by atoms with Gasteiger partial charge in [0.15, 0.2) is 0 Å². The smallest absolute Gasteiger partial charge is 0.286 e. The van der Waals surface area contributed by atoms with Gasteiger partial charge in [-0.25, -0.2) is 4.98 Å². The molecule has 1 saturated heterocycles. The highest BCUT2D eigenvalue weighted by Crippen LogP contribution is 2.64. The fourth-order valence-corrected chi connectivity index (χ4v) is 8.04. The SMILES string of the molecule is CC1(C)[C@H]2CCC1(CS(=O)(=O)O)C(=O)C2.CN(CCOc1ccc(CC2SC(=O)NC2=O)cc1)c1ccccn1. The minimum Gasteiger partial charge on any atom is -0.492 e. The van der Waals surface area contributed by atoms with E-state index < -0.39 is 21.3 Å².